The normalized spacial score (nSPS) is 9.20. The molecule has 2 amide bonds. The number of nitrogens with zero attached hydrogens (tertiary/aromatic N) is 2. The third kappa shape index (κ3) is 7.12. The van der Waals surface area contributed by atoms with E-state index in [4.69, 9.17) is 0 Å². The van der Waals surface area contributed by atoms with Crippen molar-refractivity contribution in [3.05, 3.63) is 58.2 Å². The molecule has 0 atom stereocenters. The highest BCUT2D eigenvalue weighted by molar-refractivity contribution is 5.94. The Morgan fingerprint density at radius 2 is 0.920 bits per heavy atom. The van der Waals surface area contributed by atoms with Gasteiger partial charge in [0.25, 0.3) is 11.8 Å². The van der Waals surface area contributed by atoms with Gasteiger partial charge in [-0.05, 0) is 52.0 Å². The average Bonchev–Trinajstić information content (AvgIpc) is 2.52. The number of nitrogens with one attached hydrogen (secondary N) is 2. The number of hydrogen-bond donors (Lipinski definition) is 2. The Bertz CT molecular complexity index is 638. The summed E-state index contributed by atoms with van der Waals surface area (Å²) in [5.41, 5.74) is 4.81. The first kappa shape index (κ1) is 22.2. The topological polar surface area (TPSA) is 84.0 Å². The molecular weight excluding hydrogens is 316 g/mol. The molecule has 2 N–H and O–H groups in total. The van der Waals surface area contributed by atoms with E-state index in [2.05, 4.69) is 20.6 Å². The Balaban J connectivity index is 0.000000443. The Kier molecular flexibility index (Phi) is 9.05. The summed E-state index contributed by atoms with van der Waals surface area (Å²) in [5, 5.41) is 5.14. The molecule has 0 spiro atoms. The van der Waals surface area contributed by atoms with Crippen molar-refractivity contribution in [3.8, 4) is 0 Å². The van der Waals surface area contributed by atoms with Gasteiger partial charge in [-0.2, -0.15) is 0 Å². The lowest BCUT2D eigenvalue weighted by Crippen LogP contribution is -2.18. The summed E-state index contributed by atoms with van der Waals surface area (Å²) in [6, 6.07) is 7.08. The number of carbonyl (C=O) groups excluding carboxylic acids is 2. The Morgan fingerprint density at radius 3 is 1.12 bits per heavy atom. The molecule has 136 valence electrons. The number of hydrogen-bond acceptors (Lipinski definition) is 4. The van der Waals surface area contributed by atoms with E-state index in [0.29, 0.717) is 11.1 Å². The summed E-state index contributed by atoms with van der Waals surface area (Å²) in [7, 11) is 3.24. The van der Waals surface area contributed by atoms with Crippen molar-refractivity contribution in [1.82, 2.24) is 20.6 Å². The number of pyridine rings is 2. The number of aryl methyl sites for hydroxylation is 4. The van der Waals surface area contributed by atoms with E-state index in [-0.39, 0.29) is 19.2 Å². The van der Waals surface area contributed by atoms with Gasteiger partial charge in [0.1, 0.15) is 0 Å². The number of rotatable bonds is 2. The SMILES string of the molecule is C.CNC(=O)c1cc(C)nc(C)c1.CNC(=O)c1cc(C)nc(C)c1. The van der Waals surface area contributed by atoms with Gasteiger partial charge in [-0.1, -0.05) is 7.43 Å². The van der Waals surface area contributed by atoms with Crippen LogP contribution in [0.1, 0.15) is 50.9 Å². The van der Waals surface area contributed by atoms with Gasteiger partial charge >= 0.3 is 0 Å². The van der Waals surface area contributed by atoms with E-state index in [1.165, 1.54) is 0 Å². The van der Waals surface area contributed by atoms with Crippen molar-refractivity contribution in [2.24, 2.45) is 0 Å². The van der Waals surface area contributed by atoms with Crippen molar-refractivity contribution in [2.45, 2.75) is 35.1 Å². The maximum absolute atomic E-state index is 11.2. The standard InChI is InChI=1S/2C9H12N2O.CH4/c2*1-6-4-8(9(12)10-3)5-7(2)11-6;/h2*4-5H,1-3H3,(H,10,12);1H4. The third-order valence-electron chi connectivity index (χ3n) is 3.14. The summed E-state index contributed by atoms with van der Waals surface area (Å²) in [6.07, 6.45) is 0. The average molecular weight is 344 g/mol. The van der Waals surface area contributed by atoms with Gasteiger partial charge in [-0.25, -0.2) is 0 Å². The van der Waals surface area contributed by atoms with Crippen molar-refractivity contribution in [3.63, 3.8) is 0 Å². The van der Waals surface area contributed by atoms with E-state index in [1.807, 2.05) is 27.7 Å². The second-order valence-corrected chi connectivity index (χ2v) is 5.44. The van der Waals surface area contributed by atoms with Gasteiger partial charge < -0.3 is 10.6 Å². The third-order valence-corrected chi connectivity index (χ3v) is 3.14. The molecule has 2 rings (SSSR count). The molecule has 0 bridgehead atoms. The minimum Gasteiger partial charge on any atom is -0.355 e. The van der Waals surface area contributed by atoms with Crippen LogP contribution in [-0.2, 0) is 0 Å². The molecule has 2 aromatic heterocycles. The van der Waals surface area contributed by atoms with Crippen LogP contribution in [-0.4, -0.2) is 35.9 Å². The first-order valence-electron chi connectivity index (χ1n) is 7.61. The fourth-order valence-corrected chi connectivity index (χ4v) is 2.22. The molecule has 0 saturated heterocycles. The van der Waals surface area contributed by atoms with Crippen LogP contribution in [0.5, 0.6) is 0 Å². The van der Waals surface area contributed by atoms with Gasteiger partial charge in [0, 0.05) is 48.0 Å². The number of carbonyl (C=O) groups is 2. The predicted molar refractivity (Wildman–Crippen MR) is 101 cm³/mol. The van der Waals surface area contributed by atoms with E-state index < -0.39 is 0 Å². The molecule has 0 aliphatic carbocycles. The molecule has 0 radical (unpaired) electrons. The summed E-state index contributed by atoms with van der Waals surface area (Å²) >= 11 is 0. The second-order valence-electron chi connectivity index (χ2n) is 5.44. The zero-order valence-electron chi connectivity index (χ0n) is 15.0. The van der Waals surface area contributed by atoms with Crippen molar-refractivity contribution < 1.29 is 9.59 Å². The molecule has 6 nitrogen and oxygen atoms in total. The second kappa shape index (κ2) is 10.2. The lowest BCUT2D eigenvalue weighted by Gasteiger charge is -2.01. The predicted octanol–water partition coefficient (Wildman–Crippen LogP) is 2.75. The summed E-state index contributed by atoms with van der Waals surface area (Å²) in [5.74, 6) is -0.132. The maximum Gasteiger partial charge on any atom is 0.251 e. The Morgan fingerprint density at radius 1 is 0.680 bits per heavy atom. The molecule has 0 aliphatic rings. The Hall–Kier alpha value is -2.76. The van der Waals surface area contributed by atoms with E-state index in [1.54, 1.807) is 38.4 Å². The first-order chi connectivity index (χ1) is 11.3. The highest BCUT2D eigenvalue weighted by Crippen LogP contribution is 2.05. The molecule has 0 fully saturated rings. The monoisotopic (exact) mass is 344 g/mol. The molecule has 0 aliphatic heterocycles. The van der Waals surface area contributed by atoms with E-state index in [0.717, 1.165) is 22.8 Å². The molecule has 25 heavy (non-hydrogen) atoms. The van der Waals surface area contributed by atoms with Crippen LogP contribution >= 0.6 is 0 Å². The molecule has 0 aromatic carbocycles. The van der Waals surface area contributed by atoms with Crippen molar-refractivity contribution in [2.75, 3.05) is 14.1 Å². The van der Waals surface area contributed by atoms with Crippen molar-refractivity contribution >= 4 is 11.8 Å². The fraction of sp³-hybridized carbons (Fsp3) is 0.368. The van der Waals surface area contributed by atoms with E-state index in [9.17, 15) is 9.59 Å². The lowest BCUT2D eigenvalue weighted by molar-refractivity contribution is 0.0955. The van der Waals surface area contributed by atoms with Gasteiger partial charge in [-0.15, -0.1) is 0 Å². The smallest absolute Gasteiger partial charge is 0.251 e. The molecule has 0 unspecified atom stereocenters. The van der Waals surface area contributed by atoms with Crippen LogP contribution in [0.4, 0.5) is 0 Å². The number of aromatic nitrogens is 2. The Labute approximate surface area is 150 Å². The van der Waals surface area contributed by atoms with Crippen molar-refractivity contribution in [1.29, 1.82) is 0 Å². The summed E-state index contributed by atoms with van der Waals surface area (Å²) < 4.78 is 0. The highest BCUT2D eigenvalue weighted by atomic mass is 16.2. The zero-order valence-corrected chi connectivity index (χ0v) is 15.0. The van der Waals surface area contributed by atoms with Gasteiger partial charge in [0.2, 0.25) is 0 Å². The van der Waals surface area contributed by atoms with Crippen LogP contribution < -0.4 is 10.6 Å². The van der Waals surface area contributed by atoms with Crippen LogP contribution in [0.2, 0.25) is 0 Å². The van der Waals surface area contributed by atoms with Crippen LogP contribution in [0.15, 0.2) is 24.3 Å². The zero-order chi connectivity index (χ0) is 18.3. The first-order valence-corrected chi connectivity index (χ1v) is 7.61. The number of amides is 2. The lowest BCUT2D eigenvalue weighted by atomic mass is 10.2. The minimum atomic E-state index is -0.0661. The minimum absolute atomic E-state index is 0. The molecule has 2 heterocycles. The molecular formula is C19H28N4O2. The van der Waals surface area contributed by atoms with Gasteiger partial charge in [0.05, 0.1) is 0 Å². The highest BCUT2D eigenvalue weighted by Gasteiger charge is 2.04. The van der Waals surface area contributed by atoms with E-state index >= 15 is 0 Å². The molecule has 0 saturated carbocycles. The van der Waals surface area contributed by atoms with Crippen LogP contribution in [0.3, 0.4) is 0 Å². The fourth-order valence-electron chi connectivity index (χ4n) is 2.22. The van der Waals surface area contributed by atoms with Gasteiger partial charge in [0.15, 0.2) is 0 Å². The largest absolute Gasteiger partial charge is 0.355 e. The van der Waals surface area contributed by atoms with Gasteiger partial charge in [-0.3, -0.25) is 19.6 Å². The quantitative estimate of drug-likeness (QED) is 0.877. The van der Waals surface area contributed by atoms with Crippen LogP contribution in [0, 0.1) is 27.7 Å². The molecule has 2 aromatic rings. The summed E-state index contributed by atoms with van der Waals surface area (Å²) in [6.45, 7) is 7.50. The molecule has 6 heteroatoms. The van der Waals surface area contributed by atoms with Crippen LogP contribution in [0.25, 0.3) is 0 Å². The summed E-state index contributed by atoms with van der Waals surface area (Å²) in [4.78, 5) is 30.7. The maximum atomic E-state index is 11.2.